The molecule has 5 nitrogen and oxygen atoms in total. The van der Waals surface area contributed by atoms with Crippen LogP contribution in [-0.4, -0.2) is 21.9 Å². The molecule has 0 saturated heterocycles. The van der Waals surface area contributed by atoms with E-state index >= 15 is 0 Å². The molecular formula is C15H21N3O2. The molecule has 5 heteroatoms. The number of rotatable bonds is 2. The first-order valence-electron chi connectivity index (χ1n) is 7.40. The van der Waals surface area contributed by atoms with Crippen LogP contribution in [0.5, 0.6) is 0 Å². The van der Waals surface area contributed by atoms with Crippen LogP contribution in [0, 0.1) is 19.3 Å². The fourth-order valence-corrected chi connectivity index (χ4v) is 3.36. The van der Waals surface area contributed by atoms with Crippen molar-refractivity contribution in [3.05, 3.63) is 27.4 Å². The summed E-state index contributed by atoms with van der Waals surface area (Å²) >= 11 is 0. The Morgan fingerprint density at radius 1 is 1.30 bits per heavy atom. The van der Waals surface area contributed by atoms with E-state index in [2.05, 4.69) is 15.3 Å². The monoisotopic (exact) mass is 275 g/mol. The normalized spacial score (nSPS) is 23.6. The standard InChI is InChI=1S/C15H21N3O2/c1-9-10(2)17-13(19)12(16-9)14(20)18-11-8-15(11)6-4-3-5-7-15/h11H,3-8H2,1-2H3,(H,17,19)(H,18,20). The second-order valence-electron chi connectivity index (χ2n) is 6.28. The van der Waals surface area contributed by atoms with E-state index in [1.807, 2.05) is 0 Å². The lowest BCUT2D eigenvalue weighted by Crippen LogP contribution is -2.35. The SMILES string of the molecule is Cc1nc(C(=O)NC2CC23CCCCC3)c(=O)[nH]c1C. The maximum atomic E-state index is 12.2. The fourth-order valence-electron chi connectivity index (χ4n) is 3.36. The minimum Gasteiger partial charge on any atom is -0.347 e. The lowest BCUT2D eigenvalue weighted by atomic mass is 9.86. The summed E-state index contributed by atoms with van der Waals surface area (Å²) in [7, 11) is 0. The highest BCUT2D eigenvalue weighted by atomic mass is 16.2. The number of amides is 1. The van der Waals surface area contributed by atoms with Gasteiger partial charge in [0.2, 0.25) is 0 Å². The quantitative estimate of drug-likeness (QED) is 0.864. The van der Waals surface area contributed by atoms with Crippen molar-refractivity contribution >= 4 is 5.91 Å². The van der Waals surface area contributed by atoms with Gasteiger partial charge >= 0.3 is 0 Å². The molecule has 1 spiro atoms. The highest BCUT2D eigenvalue weighted by Gasteiger charge is 2.54. The van der Waals surface area contributed by atoms with Crippen LogP contribution in [0.25, 0.3) is 0 Å². The van der Waals surface area contributed by atoms with Crippen molar-refractivity contribution in [1.29, 1.82) is 0 Å². The third kappa shape index (κ3) is 2.25. The number of H-pyrrole nitrogens is 1. The van der Waals surface area contributed by atoms with Gasteiger partial charge in [-0.05, 0) is 38.5 Å². The molecule has 1 amide bonds. The molecule has 2 N–H and O–H groups in total. The molecule has 1 aromatic rings. The Morgan fingerprint density at radius 2 is 2.00 bits per heavy atom. The van der Waals surface area contributed by atoms with Crippen LogP contribution >= 0.6 is 0 Å². The number of nitrogens with zero attached hydrogens (tertiary/aromatic N) is 1. The first kappa shape index (κ1) is 13.3. The van der Waals surface area contributed by atoms with Crippen LogP contribution in [0.15, 0.2) is 4.79 Å². The molecule has 2 saturated carbocycles. The van der Waals surface area contributed by atoms with E-state index in [0.29, 0.717) is 16.8 Å². The molecule has 20 heavy (non-hydrogen) atoms. The number of hydrogen-bond acceptors (Lipinski definition) is 3. The Hall–Kier alpha value is -1.65. The van der Waals surface area contributed by atoms with Gasteiger partial charge in [0, 0.05) is 11.7 Å². The minimum atomic E-state index is -0.399. The van der Waals surface area contributed by atoms with Crippen LogP contribution < -0.4 is 10.9 Å². The smallest absolute Gasteiger partial charge is 0.279 e. The lowest BCUT2D eigenvalue weighted by molar-refractivity contribution is 0.0935. The minimum absolute atomic E-state index is 0.00837. The summed E-state index contributed by atoms with van der Waals surface area (Å²) in [5, 5.41) is 3.00. The van der Waals surface area contributed by atoms with E-state index in [9.17, 15) is 9.59 Å². The molecular weight excluding hydrogens is 254 g/mol. The zero-order valence-electron chi connectivity index (χ0n) is 12.1. The number of carbonyl (C=O) groups is 1. The van der Waals surface area contributed by atoms with Crippen molar-refractivity contribution in [3.63, 3.8) is 0 Å². The van der Waals surface area contributed by atoms with Gasteiger partial charge < -0.3 is 10.3 Å². The number of aryl methyl sites for hydroxylation is 2. The van der Waals surface area contributed by atoms with Gasteiger partial charge in [0.25, 0.3) is 11.5 Å². The number of carbonyl (C=O) groups excluding carboxylic acids is 1. The van der Waals surface area contributed by atoms with E-state index in [4.69, 9.17) is 0 Å². The molecule has 108 valence electrons. The molecule has 2 aliphatic rings. The number of nitrogens with one attached hydrogen (secondary N) is 2. The van der Waals surface area contributed by atoms with Crippen molar-refractivity contribution in [1.82, 2.24) is 15.3 Å². The number of aromatic nitrogens is 2. The summed E-state index contributed by atoms with van der Waals surface area (Å²) in [5.74, 6) is -0.332. The molecule has 1 heterocycles. The first-order chi connectivity index (χ1) is 9.52. The van der Waals surface area contributed by atoms with E-state index in [1.165, 1.54) is 32.1 Å². The average Bonchev–Trinajstić information content (AvgIpc) is 3.06. The highest BCUT2D eigenvalue weighted by molar-refractivity contribution is 5.92. The van der Waals surface area contributed by atoms with Crippen LogP contribution in [0.1, 0.15) is 60.4 Å². The van der Waals surface area contributed by atoms with Gasteiger partial charge in [-0.1, -0.05) is 19.3 Å². The second-order valence-corrected chi connectivity index (χ2v) is 6.28. The van der Waals surface area contributed by atoms with Crippen LogP contribution in [0.3, 0.4) is 0 Å². The zero-order chi connectivity index (χ0) is 14.3. The summed E-state index contributed by atoms with van der Waals surface area (Å²) < 4.78 is 0. The summed E-state index contributed by atoms with van der Waals surface area (Å²) in [6, 6.07) is 0.234. The van der Waals surface area contributed by atoms with Gasteiger partial charge in [-0.25, -0.2) is 4.98 Å². The van der Waals surface area contributed by atoms with Crippen molar-refractivity contribution in [3.8, 4) is 0 Å². The van der Waals surface area contributed by atoms with Gasteiger partial charge in [-0.2, -0.15) is 0 Å². The molecule has 0 bridgehead atoms. The topological polar surface area (TPSA) is 74.8 Å². The summed E-state index contributed by atoms with van der Waals surface area (Å²) in [5.41, 5.74) is 1.31. The maximum absolute atomic E-state index is 12.2. The third-order valence-electron chi connectivity index (χ3n) is 4.90. The molecule has 1 aromatic heterocycles. The largest absolute Gasteiger partial charge is 0.347 e. The van der Waals surface area contributed by atoms with Gasteiger partial charge in [0.05, 0.1) is 5.69 Å². The van der Waals surface area contributed by atoms with Crippen molar-refractivity contribution in [2.45, 2.75) is 58.4 Å². The Labute approximate surface area is 118 Å². The van der Waals surface area contributed by atoms with Crippen molar-refractivity contribution < 1.29 is 4.79 Å². The van der Waals surface area contributed by atoms with Crippen LogP contribution in [0.4, 0.5) is 0 Å². The predicted octanol–water partition coefficient (Wildman–Crippen LogP) is 1.84. The van der Waals surface area contributed by atoms with Crippen LogP contribution in [0.2, 0.25) is 0 Å². The number of aromatic amines is 1. The van der Waals surface area contributed by atoms with E-state index < -0.39 is 5.56 Å². The molecule has 0 radical (unpaired) electrons. The summed E-state index contributed by atoms with van der Waals surface area (Å²) in [6.45, 7) is 3.57. The first-order valence-corrected chi connectivity index (χ1v) is 7.40. The lowest BCUT2D eigenvalue weighted by Gasteiger charge is -2.22. The van der Waals surface area contributed by atoms with E-state index in [0.717, 1.165) is 6.42 Å². The van der Waals surface area contributed by atoms with Crippen molar-refractivity contribution in [2.24, 2.45) is 5.41 Å². The molecule has 0 aliphatic heterocycles. The molecule has 1 atom stereocenters. The predicted molar refractivity (Wildman–Crippen MR) is 75.7 cm³/mol. The Bertz CT molecular complexity index is 600. The number of hydrogen-bond donors (Lipinski definition) is 2. The van der Waals surface area contributed by atoms with Crippen LogP contribution in [-0.2, 0) is 0 Å². The molecule has 2 fully saturated rings. The third-order valence-corrected chi connectivity index (χ3v) is 4.90. The van der Waals surface area contributed by atoms with Gasteiger partial charge in [-0.15, -0.1) is 0 Å². The Balaban J connectivity index is 1.72. The molecule has 0 aromatic carbocycles. The maximum Gasteiger partial charge on any atom is 0.279 e. The zero-order valence-corrected chi connectivity index (χ0v) is 12.1. The van der Waals surface area contributed by atoms with Gasteiger partial charge in [0.1, 0.15) is 0 Å². The second kappa shape index (κ2) is 4.72. The Morgan fingerprint density at radius 3 is 2.70 bits per heavy atom. The Kier molecular flexibility index (Phi) is 3.15. The van der Waals surface area contributed by atoms with E-state index in [1.54, 1.807) is 13.8 Å². The summed E-state index contributed by atoms with van der Waals surface area (Å²) in [6.07, 6.45) is 7.29. The highest BCUT2D eigenvalue weighted by Crippen LogP contribution is 2.56. The summed E-state index contributed by atoms with van der Waals surface area (Å²) in [4.78, 5) is 30.8. The van der Waals surface area contributed by atoms with Gasteiger partial charge in [0.15, 0.2) is 5.69 Å². The molecule has 3 rings (SSSR count). The van der Waals surface area contributed by atoms with Gasteiger partial charge in [-0.3, -0.25) is 9.59 Å². The van der Waals surface area contributed by atoms with E-state index in [-0.39, 0.29) is 17.6 Å². The fraction of sp³-hybridized carbons (Fsp3) is 0.667. The molecule has 1 unspecified atom stereocenters. The molecule has 2 aliphatic carbocycles. The average molecular weight is 275 g/mol. The van der Waals surface area contributed by atoms with Crippen molar-refractivity contribution in [2.75, 3.05) is 0 Å².